The molecule has 0 amide bonds. The van der Waals surface area contributed by atoms with E-state index in [0.29, 0.717) is 4.99 Å². The average molecular weight is 322 g/mol. The van der Waals surface area contributed by atoms with Crippen LogP contribution in [0.3, 0.4) is 0 Å². The van der Waals surface area contributed by atoms with E-state index in [1.165, 1.54) is 6.26 Å². The predicted molar refractivity (Wildman–Crippen MR) is 92.6 cm³/mol. The number of benzene rings is 2. The zero-order valence-corrected chi connectivity index (χ0v) is 13.6. The molecule has 2 aromatic carbocycles. The molecule has 6 heteroatoms. The molecule has 0 spiro atoms. The fraction of sp³-hybridized carbons (Fsp3) is 0.267. The number of anilines is 1. The van der Waals surface area contributed by atoms with Gasteiger partial charge in [0.2, 0.25) is 0 Å². The molecular formula is C15H18N2O2S2. The molecule has 0 aliphatic carbocycles. The van der Waals surface area contributed by atoms with Gasteiger partial charge in [-0.25, -0.2) is 8.42 Å². The third kappa shape index (κ3) is 3.92. The van der Waals surface area contributed by atoms with Crippen LogP contribution in [0.5, 0.6) is 0 Å². The lowest BCUT2D eigenvalue weighted by Crippen LogP contribution is -2.25. The van der Waals surface area contributed by atoms with Gasteiger partial charge in [0, 0.05) is 28.9 Å². The molecule has 0 saturated carbocycles. The highest BCUT2D eigenvalue weighted by Gasteiger charge is 2.13. The first-order chi connectivity index (χ1) is 9.78. The molecule has 0 saturated heterocycles. The number of hydrogen-bond acceptors (Lipinski definition) is 4. The van der Waals surface area contributed by atoms with Crippen molar-refractivity contribution in [3.8, 4) is 0 Å². The number of hydrogen-bond donors (Lipinski definition) is 2. The molecular weight excluding hydrogens is 304 g/mol. The number of sulfone groups is 1. The second-order valence-electron chi connectivity index (χ2n) is 5.21. The minimum atomic E-state index is -3.02. The molecule has 0 heterocycles. The SMILES string of the molecule is CC(CS(C)(=O)=O)Nc1ccc(C(N)=S)c2ccccc12. The quantitative estimate of drug-likeness (QED) is 0.827. The van der Waals surface area contributed by atoms with Gasteiger partial charge in [0.1, 0.15) is 14.8 Å². The van der Waals surface area contributed by atoms with Crippen molar-refractivity contribution < 1.29 is 8.42 Å². The van der Waals surface area contributed by atoms with E-state index >= 15 is 0 Å². The molecule has 0 aliphatic rings. The zero-order chi connectivity index (χ0) is 15.6. The minimum Gasteiger partial charge on any atom is -0.389 e. The maximum Gasteiger partial charge on any atom is 0.149 e. The third-order valence-corrected chi connectivity index (χ3v) is 4.47. The van der Waals surface area contributed by atoms with Crippen LogP contribution in [0.4, 0.5) is 5.69 Å². The Morgan fingerprint density at radius 1 is 1.24 bits per heavy atom. The minimum absolute atomic E-state index is 0.0817. The topological polar surface area (TPSA) is 72.2 Å². The fourth-order valence-corrected chi connectivity index (χ4v) is 3.57. The van der Waals surface area contributed by atoms with Gasteiger partial charge >= 0.3 is 0 Å². The Balaban J connectivity index is 2.42. The van der Waals surface area contributed by atoms with Crippen LogP contribution in [-0.4, -0.2) is 31.5 Å². The van der Waals surface area contributed by atoms with Gasteiger partial charge < -0.3 is 11.1 Å². The monoisotopic (exact) mass is 322 g/mol. The van der Waals surface area contributed by atoms with Crippen molar-refractivity contribution >= 4 is 43.5 Å². The van der Waals surface area contributed by atoms with Crippen LogP contribution in [-0.2, 0) is 9.84 Å². The van der Waals surface area contributed by atoms with E-state index in [1.807, 2.05) is 43.3 Å². The molecule has 21 heavy (non-hydrogen) atoms. The van der Waals surface area contributed by atoms with Crippen LogP contribution in [0.1, 0.15) is 12.5 Å². The highest BCUT2D eigenvalue weighted by Crippen LogP contribution is 2.27. The second-order valence-corrected chi connectivity index (χ2v) is 7.83. The van der Waals surface area contributed by atoms with Crippen molar-refractivity contribution in [1.82, 2.24) is 0 Å². The summed E-state index contributed by atoms with van der Waals surface area (Å²) in [5.74, 6) is 0.0817. The first-order valence-electron chi connectivity index (χ1n) is 6.54. The van der Waals surface area contributed by atoms with Gasteiger partial charge in [0.15, 0.2) is 0 Å². The van der Waals surface area contributed by atoms with Gasteiger partial charge in [-0.05, 0) is 24.4 Å². The lowest BCUT2D eigenvalue weighted by Gasteiger charge is -2.17. The van der Waals surface area contributed by atoms with Gasteiger partial charge in [0.25, 0.3) is 0 Å². The molecule has 3 N–H and O–H groups in total. The Labute approximate surface area is 130 Å². The maximum absolute atomic E-state index is 11.4. The van der Waals surface area contributed by atoms with E-state index in [1.54, 1.807) is 0 Å². The largest absolute Gasteiger partial charge is 0.389 e. The van der Waals surface area contributed by atoms with Gasteiger partial charge in [-0.1, -0.05) is 36.5 Å². The summed E-state index contributed by atoms with van der Waals surface area (Å²) in [6.45, 7) is 1.84. The van der Waals surface area contributed by atoms with Crippen LogP contribution in [0.2, 0.25) is 0 Å². The molecule has 4 nitrogen and oxygen atoms in total. The summed E-state index contributed by atoms with van der Waals surface area (Å²) in [7, 11) is -3.02. The fourth-order valence-electron chi connectivity index (χ4n) is 2.40. The smallest absolute Gasteiger partial charge is 0.149 e. The molecule has 0 aliphatic heterocycles. The van der Waals surface area contributed by atoms with E-state index in [4.69, 9.17) is 18.0 Å². The molecule has 2 rings (SSSR count). The molecule has 1 unspecified atom stereocenters. The van der Waals surface area contributed by atoms with Crippen LogP contribution >= 0.6 is 12.2 Å². The van der Waals surface area contributed by atoms with Crippen molar-refractivity contribution in [2.75, 3.05) is 17.3 Å². The normalized spacial score (nSPS) is 13.0. The third-order valence-electron chi connectivity index (χ3n) is 3.14. The summed E-state index contributed by atoms with van der Waals surface area (Å²) in [5, 5.41) is 5.18. The Morgan fingerprint density at radius 2 is 1.86 bits per heavy atom. The first kappa shape index (κ1) is 15.7. The van der Waals surface area contributed by atoms with Crippen molar-refractivity contribution in [2.24, 2.45) is 5.73 Å². The molecule has 0 fully saturated rings. The zero-order valence-electron chi connectivity index (χ0n) is 12.0. The van der Waals surface area contributed by atoms with E-state index < -0.39 is 9.84 Å². The lowest BCUT2D eigenvalue weighted by molar-refractivity contribution is 0.598. The highest BCUT2D eigenvalue weighted by atomic mass is 32.2. The van der Waals surface area contributed by atoms with Gasteiger partial charge in [0.05, 0.1) is 5.75 Å². The van der Waals surface area contributed by atoms with Crippen molar-refractivity contribution in [3.05, 3.63) is 42.0 Å². The molecule has 2 aromatic rings. The van der Waals surface area contributed by atoms with E-state index in [9.17, 15) is 8.42 Å². The summed E-state index contributed by atoms with van der Waals surface area (Å²) in [4.78, 5) is 0.349. The first-order valence-corrected chi connectivity index (χ1v) is 9.00. The molecule has 0 radical (unpaired) electrons. The van der Waals surface area contributed by atoms with E-state index in [-0.39, 0.29) is 11.8 Å². The number of nitrogens with one attached hydrogen (secondary N) is 1. The molecule has 0 bridgehead atoms. The molecule has 1 atom stereocenters. The van der Waals surface area contributed by atoms with E-state index in [0.717, 1.165) is 22.0 Å². The Morgan fingerprint density at radius 3 is 2.43 bits per heavy atom. The summed E-state index contributed by atoms with van der Waals surface area (Å²) in [6.07, 6.45) is 1.24. The van der Waals surface area contributed by atoms with Crippen LogP contribution in [0.15, 0.2) is 36.4 Å². The van der Waals surface area contributed by atoms with Crippen molar-refractivity contribution in [1.29, 1.82) is 0 Å². The molecule has 0 aromatic heterocycles. The maximum atomic E-state index is 11.4. The number of thiocarbonyl (C=S) groups is 1. The van der Waals surface area contributed by atoms with Crippen molar-refractivity contribution in [2.45, 2.75) is 13.0 Å². The summed E-state index contributed by atoms with van der Waals surface area (Å²) < 4.78 is 22.7. The van der Waals surface area contributed by atoms with Crippen LogP contribution < -0.4 is 11.1 Å². The summed E-state index contributed by atoms with van der Waals surface area (Å²) in [6, 6.07) is 11.3. The molecule has 112 valence electrons. The summed E-state index contributed by atoms with van der Waals surface area (Å²) in [5.41, 5.74) is 7.44. The average Bonchev–Trinajstić information content (AvgIpc) is 2.36. The number of rotatable bonds is 5. The van der Waals surface area contributed by atoms with Crippen LogP contribution in [0.25, 0.3) is 10.8 Å². The predicted octanol–water partition coefficient (Wildman–Crippen LogP) is 2.32. The standard InChI is InChI=1S/C15H18N2O2S2/c1-10(9-21(2,18)19)17-14-8-7-13(15(16)20)11-5-3-4-6-12(11)14/h3-8,10,17H,9H2,1-2H3,(H2,16,20). The second kappa shape index (κ2) is 5.99. The van der Waals surface area contributed by atoms with Crippen LogP contribution in [0, 0.1) is 0 Å². The Kier molecular flexibility index (Phi) is 4.49. The Bertz CT molecular complexity index is 785. The van der Waals surface area contributed by atoms with Gasteiger partial charge in [-0.2, -0.15) is 0 Å². The van der Waals surface area contributed by atoms with Gasteiger partial charge in [-0.15, -0.1) is 0 Å². The highest BCUT2D eigenvalue weighted by molar-refractivity contribution is 7.90. The van der Waals surface area contributed by atoms with Gasteiger partial charge in [-0.3, -0.25) is 0 Å². The Hall–Kier alpha value is -1.66. The number of nitrogens with two attached hydrogens (primary N) is 1. The number of fused-ring (bicyclic) bond motifs is 1. The van der Waals surface area contributed by atoms with E-state index in [2.05, 4.69) is 5.32 Å². The lowest BCUT2D eigenvalue weighted by atomic mass is 10.0. The van der Waals surface area contributed by atoms with Crippen molar-refractivity contribution in [3.63, 3.8) is 0 Å². The summed E-state index contributed by atoms with van der Waals surface area (Å²) >= 11 is 5.07.